The fourth-order valence-corrected chi connectivity index (χ4v) is 1.18. The standard InChI is InChI=1S/C8H10F3N3O2.ClH/c9-8(10,11)6-4(3-13-14-6)1-2-5(12)7(15)16;/h3,5H,1-2,12H2,(H,13,14)(H,15,16);1H/t5-;/m1./s1. The number of alkyl halides is 3. The van der Waals surface area contributed by atoms with Gasteiger partial charge in [-0.25, -0.2) is 0 Å². The van der Waals surface area contributed by atoms with Gasteiger partial charge in [0.25, 0.3) is 0 Å². The summed E-state index contributed by atoms with van der Waals surface area (Å²) in [6, 6.07) is -1.17. The first-order chi connectivity index (χ1) is 7.32. The van der Waals surface area contributed by atoms with Crippen LogP contribution < -0.4 is 5.73 Å². The van der Waals surface area contributed by atoms with E-state index in [-0.39, 0.29) is 30.8 Å². The number of H-pyrrole nitrogens is 1. The largest absolute Gasteiger partial charge is 0.480 e. The number of nitrogens with one attached hydrogen (secondary N) is 1. The van der Waals surface area contributed by atoms with Crippen molar-refractivity contribution in [1.29, 1.82) is 0 Å². The number of aliphatic carboxylic acids is 1. The van der Waals surface area contributed by atoms with Gasteiger partial charge in [0.2, 0.25) is 0 Å². The molecule has 1 rings (SSSR count). The third kappa shape index (κ3) is 4.23. The monoisotopic (exact) mass is 273 g/mol. The SMILES string of the molecule is Cl.N[C@H](CCc1cn[nH]c1C(F)(F)F)C(=O)O. The summed E-state index contributed by atoms with van der Waals surface area (Å²) >= 11 is 0. The second kappa shape index (κ2) is 5.87. The molecular weight excluding hydrogens is 263 g/mol. The quantitative estimate of drug-likeness (QED) is 0.768. The third-order valence-corrected chi connectivity index (χ3v) is 2.04. The minimum absolute atomic E-state index is 0. The molecule has 0 unspecified atom stereocenters. The van der Waals surface area contributed by atoms with Gasteiger partial charge in [-0.3, -0.25) is 9.89 Å². The summed E-state index contributed by atoms with van der Waals surface area (Å²) in [4.78, 5) is 10.4. The molecule has 98 valence electrons. The van der Waals surface area contributed by atoms with E-state index < -0.39 is 23.9 Å². The van der Waals surface area contributed by atoms with E-state index >= 15 is 0 Å². The van der Waals surface area contributed by atoms with E-state index in [9.17, 15) is 18.0 Å². The zero-order valence-corrected chi connectivity index (χ0v) is 9.31. The van der Waals surface area contributed by atoms with Crippen molar-refractivity contribution in [2.24, 2.45) is 5.73 Å². The summed E-state index contributed by atoms with van der Waals surface area (Å²) in [5, 5.41) is 13.6. The average molecular weight is 274 g/mol. The number of carboxylic acid groups (broad SMARTS) is 1. The van der Waals surface area contributed by atoms with Gasteiger partial charge in [0.1, 0.15) is 11.7 Å². The fourth-order valence-electron chi connectivity index (χ4n) is 1.18. The summed E-state index contributed by atoms with van der Waals surface area (Å²) < 4.78 is 37.0. The Morgan fingerprint density at radius 2 is 2.18 bits per heavy atom. The Bertz CT molecular complexity index is 380. The van der Waals surface area contributed by atoms with E-state index in [4.69, 9.17) is 10.8 Å². The molecule has 9 heteroatoms. The van der Waals surface area contributed by atoms with Gasteiger partial charge in [-0.1, -0.05) is 0 Å². The van der Waals surface area contributed by atoms with E-state index in [0.29, 0.717) is 0 Å². The lowest BCUT2D eigenvalue weighted by molar-refractivity contribution is -0.141. The Kier molecular flexibility index (Phi) is 5.43. The maximum atomic E-state index is 12.3. The van der Waals surface area contributed by atoms with Gasteiger partial charge in [0.05, 0.1) is 6.20 Å². The second-order valence-electron chi connectivity index (χ2n) is 3.25. The van der Waals surface area contributed by atoms with Crippen LogP contribution in [0.15, 0.2) is 6.20 Å². The second-order valence-corrected chi connectivity index (χ2v) is 3.25. The highest BCUT2D eigenvalue weighted by Gasteiger charge is 2.35. The van der Waals surface area contributed by atoms with Crippen molar-refractivity contribution in [3.8, 4) is 0 Å². The number of nitrogens with zero attached hydrogens (tertiary/aromatic N) is 1. The number of rotatable bonds is 4. The van der Waals surface area contributed by atoms with Gasteiger partial charge in [0, 0.05) is 5.56 Å². The number of aryl methyl sites for hydroxylation is 1. The number of hydrogen-bond acceptors (Lipinski definition) is 3. The van der Waals surface area contributed by atoms with Crippen LogP contribution in [0, 0.1) is 0 Å². The van der Waals surface area contributed by atoms with Gasteiger partial charge in [-0.2, -0.15) is 18.3 Å². The number of nitrogens with two attached hydrogens (primary N) is 1. The normalized spacial score (nSPS) is 12.9. The van der Waals surface area contributed by atoms with Crippen molar-refractivity contribution in [3.63, 3.8) is 0 Å². The Labute approximate surface area is 101 Å². The molecule has 0 aliphatic carbocycles. The van der Waals surface area contributed by atoms with Crippen molar-refractivity contribution in [2.45, 2.75) is 25.1 Å². The first-order valence-electron chi connectivity index (χ1n) is 4.40. The summed E-state index contributed by atoms with van der Waals surface area (Å²) in [5.41, 5.74) is 4.15. The molecule has 0 fully saturated rings. The van der Waals surface area contributed by atoms with Crippen molar-refractivity contribution >= 4 is 18.4 Å². The molecule has 0 amide bonds. The molecule has 17 heavy (non-hydrogen) atoms. The van der Waals surface area contributed by atoms with Gasteiger partial charge >= 0.3 is 12.1 Å². The molecule has 1 aromatic heterocycles. The lowest BCUT2D eigenvalue weighted by atomic mass is 10.1. The van der Waals surface area contributed by atoms with Crippen LogP contribution in [0.2, 0.25) is 0 Å². The van der Waals surface area contributed by atoms with E-state index in [0.717, 1.165) is 6.20 Å². The summed E-state index contributed by atoms with van der Waals surface area (Å²) in [6.07, 6.45) is -3.65. The van der Waals surface area contributed by atoms with Crippen molar-refractivity contribution in [1.82, 2.24) is 10.2 Å². The fraction of sp³-hybridized carbons (Fsp3) is 0.500. The molecule has 0 aliphatic rings. The highest BCUT2D eigenvalue weighted by Crippen LogP contribution is 2.30. The van der Waals surface area contributed by atoms with E-state index in [1.54, 1.807) is 0 Å². The predicted molar refractivity (Wildman–Crippen MR) is 54.8 cm³/mol. The van der Waals surface area contributed by atoms with Crippen LogP contribution >= 0.6 is 12.4 Å². The van der Waals surface area contributed by atoms with Crippen LogP contribution in [-0.4, -0.2) is 27.3 Å². The predicted octanol–water partition coefficient (Wildman–Crippen LogP) is 1.19. The molecule has 0 bridgehead atoms. The maximum absolute atomic E-state index is 12.3. The van der Waals surface area contributed by atoms with Crippen molar-refractivity contribution in [2.75, 3.05) is 0 Å². The molecule has 0 radical (unpaired) electrons. The number of hydrogen-bond donors (Lipinski definition) is 3. The lowest BCUT2D eigenvalue weighted by Gasteiger charge is -2.08. The molecule has 5 nitrogen and oxygen atoms in total. The zero-order chi connectivity index (χ0) is 12.3. The van der Waals surface area contributed by atoms with Gasteiger partial charge in [-0.05, 0) is 12.8 Å². The zero-order valence-electron chi connectivity index (χ0n) is 8.49. The molecule has 1 aromatic rings. The maximum Gasteiger partial charge on any atom is 0.433 e. The van der Waals surface area contributed by atoms with E-state index in [1.807, 2.05) is 5.10 Å². The third-order valence-electron chi connectivity index (χ3n) is 2.04. The van der Waals surface area contributed by atoms with Crippen LogP contribution in [0.3, 0.4) is 0 Å². The van der Waals surface area contributed by atoms with Crippen LogP contribution in [0.5, 0.6) is 0 Å². The molecule has 4 N–H and O–H groups in total. The van der Waals surface area contributed by atoms with Crippen LogP contribution in [0.4, 0.5) is 13.2 Å². The minimum Gasteiger partial charge on any atom is -0.480 e. The Hall–Kier alpha value is -1.28. The van der Waals surface area contributed by atoms with Gasteiger partial charge in [-0.15, -0.1) is 12.4 Å². The molecule has 0 aromatic carbocycles. The molecule has 0 spiro atoms. The van der Waals surface area contributed by atoms with E-state index in [2.05, 4.69) is 5.10 Å². The van der Waals surface area contributed by atoms with Crippen LogP contribution in [0.25, 0.3) is 0 Å². The molecule has 0 saturated heterocycles. The number of halogens is 4. The smallest absolute Gasteiger partial charge is 0.433 e. The average Bonchev–Trinajstić information content (AvgIpc) is 2.60. The van der Waals surface area contributed by atoms with Gasteiger partial charge < -0.3 is 10.8 Å². The van der Waals surface area contributed by atoms with Crippen molar-refractivity contribution < 1.29 is 23.1 Å². The lowest BCUT2D eigenvalue weighted by Crippen LogP contribution is -2.30. The number of aromatic nitrogens is 2. The van der Waals surface area contributed by atoms with Gasteiger partial charge in [0.15, 0.2) is 0 Å². The highest BCUT2D eigenvalue weighted by atomic mass is 35.5. The first-order valence-corrected chi connectivity index (χ1v) is 4.40. The number of aromatic amines is 1. The number of carboxylic acids is 1. The summed E-state index contributed by atoms with van der Waals surface area (Å²) in [5.74, 6) is -1.24. The van der Waals surface area contributed by atoms with Crippen molar-refractivity contribution in [3.05, 3.63) is 17.5 Å². The summed E-state index contributed by atoms with van der Waals surface area (Å²) in [6.45, 7) is 0. The molecule has 0 saturated carbocycles. The number of carbonyl (C=O) groups is 1. The molecule has 1 atom stereocenters. The molecule has 1 heterocycles. The first kappa shape index (κ1) is 15.7. The van der Waals surface area contributed by atoms with Crippen LogP contribution in [0.1, 0.15) is 17.7 Å². The van der Waals surface area contributed by atoms with Crippen LogP contribution in [-0.2, 0) is 17.4 Å². The molecule has 0 aliphatic heterocycles. The molecular formula is C8H11ClF3N3O2. The minimum atomic E-state index is -4.51. The Balaban J connectivity index is 0.00000256. The Morgan fingerprint density at radius 1 is 1.59 bits per heavy atom. The topological polar surface area (TPSA) is 92.0 Å². The summed E-state index contributed by atoms with van der Waals surface area (Å²) in [7, 11) is 0. The van der Waals surface area contributed by atoms with E-state index in [1.165, 1.54) is 0 Å². The Morgan fingerprint density at radius 3 is 2.65 bits per heavy atom. The highest BCUT2D eigenvalue weighted by molar-refractivity contribution is 5.85.